The van der Waals surface area contributed by atoms with Gasteiger partial charge in [0.1, 0.15) is 0 Å². The topological polar surface area (TPSA) is 72.5 Å². The van der Waals surface area contributed by atoms with Gasteiger partial charge in [0.25, 0.3) is 0 Å². The number of sulfone groups is 1. The molecule has 0 aliphatic carbocycles. The Morgan fingerprint density at radius 1 is 1.44 bits per heavy atom. The van der Waals surface area contributed by atoms with E-state index >= 15 is 0 Å². The molecule has 1 aliphatic heterocycles. The Hall–Kier alpha value is -0.620. The minimum absolute atomic E-state index is 0.0358. The lowest BCUT2D eigenvalue weighted by atomic mass is 10.1. The first kappa shape index (κ1) is 15.4. The molecule has 1 heterocycles. The number of nitrogens with one attached hydrogen (secondary N) is 1. The van der Waals surface area contributed by atoms with E-state index in [0.717, 1.165) is 12.8 Å². The monoisotopic (exact) mass is 277 g/mol. The fourth-order valence-corrected chi connectivity index (χ4v) is 3.38. The molecule has 106 valence electrons. The van der Waals surface area contributed by atoms with E-state index < -0.39 is 9.84 Å². The van der Waals surface area contributed by atoms with Crippen LogP contribution < -0.4 is 5.32 Å². The molecule has 1 atom stereocenters. The van der Waals surface area contributed by atoms with E-state index in [1.807, 2.05) is 0 Å². The van der Waals surface area contributed by atoms with Crippen molar-refractivity contribution in [3.63, 3.8) is 0 Å². The van der Waals surface area contributed by atoms with Crippen LogP contribution in [0.5, 0.6) is 0 Å². The molecule has 1 fully saturated rings. The second-order valence-electron chi connectivity index (χ2n) is 5.23. The predicted molar refractivity (Wildman–Crippen MR) is 70.1 cm³/mol. The van der Waals surface area contributed by atoms with Crippen LogP contribution in [0.3, 0.4) is 0 Å². The fraction of sp³-hybridized carbons (Fsp3) is 0.917. The second kappa shape index (κ2) is 7.09. The first-order valence-electron chi connectivity index (χ1n) is 6.48. The molecule has 1 saturated heterocycles. The van der Waals surface area contributed by atoms with Gasteiger partial charge in [-0.25, -0.2) is 8.42 Å². The quantitative estimate of drug-likeness (QED) is 0.573. The van der Waals surface area contributed by atoms with Crippen LogP contribution >= 0.6 is 0 Å². The van der Waals surface area contributed by atoms with Crippen molar-refractivity contribution in [2.45, 2.75) is 39.2 Å². The van der Waals surface area contributed by atoms with Crippen LogP contribution in [0.1, 0.15) is 33.1 Å². The highest BCUT2D eigenvalue weighted by atomic mass is 32.2. The molecule has 0 amide bonds. The van der Waals surface area contributed by atoms with E-state index in [1.54, 1.807) is 0 Å². The molecule has 5 nitrogen and oxygen atoms in total. The maximum Gasteiger partial charge on any atom is 0.307 e. The Balaban J connectivity index is 2.20. The van der Waals surface area contributed by atoms with Crippen LogP contribution in [0.4, 0.5) is 0 Å². The summed E-state index contributed by atoms with van der Waals surface area (Å²) in [6.45, 7) is 5.10. The molecule has 18 heavy (non-hydrogen) atoms. The van der Waals surface area contributed by atoms with E-state index in [4.69, 9.17) is 4.74 Å². The van der Waals surface area contributed by atoms with E-state index in [-0.39, 0.29) is 29.9 Å². The highest BCUT2D eigenvalue weighted by Crippen LogP contribution is 2.07. The summed E-state index contributed by atoms with van der Waals surface area (Å²) in [5, 5.41) is 3.03. The molecule has 1 aliphatic rings. The van der Waals surface area contributed by atoms with Crippen LogP contribution in [-0.4, -0.2) is 45.1 Å². The molecular weight excluding hydrogens is 254 g/mol. The summed E-state index contributed by atoms with van der Waals surface area (Å²) >= 11 is 0. The average molecular weight is 277 g/mol. The lowest BCUT2D eigenvalue weighted by Gasteiger charge is -2.22. The highest BCUT2D eigenvalue weighted by molar-refractivity contribution is 7.91. The number of rotatable bonds is 6. The Labute approximate surface area is 109 Å². The number of hydrogen-bond acceptors (Lipinski definition) is 5. The van der Waals surface area contributed by atoms with Crippen molar-refractivity contribution < 1.29 is 17.9 Å². The minimum Gasteiger partial charge on any atom is -0.466 e. The van der Waals surface area contributed by atoms with Crippen molar-refractivity contribution in [3.8, 4) is 0 Å². The van der Waals surface area contributed by atoms with Gasteiger partial charge in [-0.05, 0) is 18.8 Å². The SMILES string of the molecule is CC(C)CCCOC(=O)CC1CS(=O)(=O)CCN1. The first-order valence-corrected chi connectivity index (χ1v) is 8.30. The van der Waals surface area contributed by atoms with Gasteiger partial charge in [0.15, 0.2) is 9.84 Å². The third-order valence-corrected chi connectivity index (χ3v) is 4.64. The molecule has 6 heteroatoms. The highest BCUT2D eigenvalue weighted by Gasteiger charge is 2.26. The standard InChI is InChI=1S/C12H23NO4S/c1-10(2)4-3-6-17-12(14)8-11-9-18(15,16)7-5-13-11/h10-11,13H,3-9H2,1-2H3. The number of carbonyl (C=O) groups excluding carboxylic acids is 1. The summed E-state index contributed by atoms with van der Waals surface area (Å²) in [5.74, 6) is 0.489. The van der Waals surface area contributed by atoms with Crippen LogP contribution in [0.2, 0.25) is 0 Å². The normalized spacial score (nSPS) is 22.9. The molecule has 0 bridgehead atoms. The third-order valence-electron chi connectivity index (χ3n) is 2.90. The zero-order valence-corrected chi connectivity index (χ0v) is 12.0. The molecule has 0 saturated carbocycles. The lowest BCUT2D eigenvalue weighted by Crippen LogP contribution is -2.46. The van der Waals surface area contributed by atoms with Gasteiger partial charge in [-0.2, -0.15) is 0 Å². The third kappa shape index (κ3) is 6.35. The van der Waals surface area contributed by atoms with Crippen molar-refractivity contribution >= 4 is 15.8 Å². The van der Waals surface area contributed by atoms with Gasteiger partial charge in [0, 0.05) is 12.6 Å². The Bertz CT molecular complexity index is 364. The average Bonchev–Trinajstić information content (AvgIpc) is 2.22. The molecule has 0 aromatic heterocycles. The van der Waals surface area contributed by atoms with Crippen molar-refractivity contribution in [1.82, 2.24) is 5.32 Å². The lowest BCUT2D eigenvalue weighted by molar-refractivity contribution is -0.144. The molecule has 0 aromatic carbocycles. The van der Waals surface area contributed by atoms with Gasteiger partial charge in [-0.3, -0.25) is 4.79 Å². The van der Waals surface area contributed by atoms with Crippen LogP contribution in [0.25, 0.3) is 0 Å². The van der Waals surface area contributed by atoms with Crippen molar-refractivity contribution in [3.05, 3.63) is 0 Å². The zero-order valence-electron chi connectivity index (χ0n) is 11.1. The maximum atomic E-state index is 11.5. The van der Waals surface area contributed by atoms with E-state index in [0.29, 0.717) is 19.1 Å². The minimum atomic E-state index is -2.98. The molecule has 0 spiro atoms. The Kier molecular flexibility index (Phi) is 6.08. The van der Waals surface area contributed by atoms with Crippen LogP contribution in [0, 0.1) is 5.92 Å². The van der Waals surface area contributed by atoms with E-state index in [2.05, 4.69) is 19.2 Å². The largest absolute Gasteiger partial charge is 0.466 e. The van der Waals surface area contributed by atoms with Gasteiger partial charge in [-0.15, -0.1) is 0 Å². The van der Waals surface area contributed by atoms with Gasteiger partial charge in [0.2, 0.25) is 0 Å². The molecule has 1 N–H and O–H groups in total. The molecule has 0 aromatic rings. The fourth-order valence-electron chi connectivity index (χ4n) is 1.94. The number of hydrogen-bond donors (Lipinski definition) is 1. The van der Waals surface area contributed by atoms with Gasteiger partial charge in [0.05, 0.1) is 24.5 Å². The van der Waals surface area contributed by atoms with Gasteiger partial charge >= 0.3 is 5.97 Å². The molecular formula is C12H23NO4S. The number of carbonyl (C=O) groups is 1. The number of ether oxygens (including phenoxy) is 1. The predicted octanol–water partition coefficient (Wildman–Crippen LogP) is 0.742. The maximum absolute atomic E-state index is 11.5. The first-order chi connectivity index (χ1) is 8.39. The molecule has 0 radical (unpaired) electrons. The van der Waals surface area contributed by atoms with Crippen molar-refractivity contribution in [2.24, 2.45) is 5.92 Å². The Morgan fingerprint density at radius 3 is 2.78 bits per heavy atom. The summed E-state index contributed by atoms with van der Waals surface area (Å²) in [5.41, 5.74) is 0. The summed E-state index contributed by atoms with van der Waals surface area (Å²) in [4.78, 5) is 11.5. The summed E-state index contributed by atoms with van der Waals surface area (Å²) in [7, 11) is -2.98. The smallest absolute Gasteiger partial charge is 0.307 e. The van der Waals surface area contributed by atoms with Gasteiger partial charge < -0.3 is 10.1 Å². The second-order valence-corrected chi connectivity index (χ2v) is 7.45. The zero-order chi connectivity index (χ0) is 13.6. The van der Waals surface area contributed by atoms with Crippen LogP contribution in [0.15, 0.2) is 0 Å². The summed E-state index contributed by atoms with van der Waals surface area (Å²) in [6, 6.07) is -0.290. The Morgan fingerprint density at radius 2 is 2.17 bits per heavy atom. The van der Waals surface area contributed by atoms with Crippen molar-refractivity contribution in [2.75, 3.05) is 24.7 Å². The summed E-state index contributed by atoms with van der Waals surface area (Å²) < 4.78 is 27.9. The van der Waals surface area contributed by atoms with Crippen molar-refractivity contribution in [1.29, 1.82) is 0 Å². The molecule has 1 rings (SSSR count). The molecule has 1 unspecified atom stereocenters. The number of esters is 1. The van der Waals surface area contributed by atoms with Crippen LogP contribution in [-0.2, 0) is 19.4 Å². The van der Waals surface area contributed by atoms with Gasteiger partial charge in [-0.1, -0.05) is 13.8 Å². The van der Waals surface area contributed by atoms with E-state index in [9.17, 15) is 13.2 Å². The van der Waals surface area contributed by atoms with E-state index in [1.165, 1.54) is 0 Å². The summed E-state index contributed by atoms with van der Waals surface area (Å²) in [6.07, 6.45) is 2.03.